The first kappa shape index (κ1) is 21.2. The molecule has 0 unspecified atom stereocenters. The number of hydrogen-bond acceptors (Lipinski definition) is 2. The van der Waals surface area contributed by atoms with Gasteiger partial charge in [-0.3, -0.25) is 0 Å². The predicted octanol–water partition coefficient (Wildman–Crippen LogP) is 5.24. The van der Waals surface area contributed by atoms with E-state index in [0.29, 0.717) is 0 Å². The molecule has 1 aromatic heterocycles. The van der Waals surface area contributed by atoms with E-state index in [4.69, 9.17) is 5.11 Å². The average Bonchev–Trinajstić information content (AvgIpc) is 2.60. The van der Waals surface area contributed by atoms with Gasteiger partial charge in [0.15, 0.2) is 0 Å². The minimum absolute atomic E-state index is 0.888. The SMILES string of the molecule is CCC[CH2][Sn]([CH2]CCC)([CH2]CCC)[c]1ccncc1/C=C/C(=O)O. The molecule has 0 amide bonds. The van der Waals surface area contributed by atoms with E-state index >= 15 is 0 Å². The number of pyridine rings is 1. The second-order valence-corrected chi connectivity index (χ2v) is 19.9. The second-order valence-electron chi connectivity index (χ2n) is 6.73. The summed E-state index contributed by atoms with van der Waals surface area (Å²) in [6, 6.07) is 2.21. The molecular weight excluding hydrogens is 405 g/mol. The molecule has 134 valence electrons. The molecular formula is C20H33NO2Sn. The zero-order valence-corrected chi connectivity index (χ0v) is 18.4. The van der Waals surface area contributed by atoms with Crippen molar-refractivity contribution in [2.75, 3.05) is 0 Å². The Morgan fingerprint density at radius 3 is 2.08 bits per heavy atom. The number of carbonyl (C=O) groups is 1. The molecule has 0 radical (unpaired) electrons. The topological polar surface area (TPSA) is 50.2 Å². The summed E-state index contributed by atoms with van der Waals surface area (Å²) in [4.78, 5) is 15.2. The Hall–Kier alpha value is -0.841. The van der Waals surface area contributed by atoms with Gasteiger partial charge in [-0.15, -0.1) is 0 Å². The van der Waals surface area contributed by atoms with Crippen molar-refractivity contribution in [2.45, 2.75) is 72.6 Å². The summed E-state index contributed by atoms with van der Waals surface area (Å²) in [5.41, 5.74) is 1.05. The van der Waals surface area contributed by atoms with Crippen molar-refractivity contribution in [1.29, 1.82) is 0 Å². The van der Waals surface area contributed by atoms with Crippen LogP contribution in [0.5, 0.6) is 0 Å². The van der Waals surface area contributed by atoms with Crippen molar-refractivity contribution in [2.24, 2.45) is 0 Å². The van der Waals surface area contributed by atoms with Crippen LogP contribution in [0, 0.1) is 0 Å². The molecule has 0 aliphatic rings. The fourth-order valence-electron chi connectivity index (χ4n) is 3.51. The summed E-state index contributed by atoms with van der Waals surface area (Å²) < 4.78 is 5.63. The number of aliphatic carboxylic acids is 1. The molecule has 0 atom stereocenters. The first-order valence-electron chi connectivity index (χ1n) is 9.45. The van der Waals surface area contributed by atoms with E-state index in [9.17, 15) is 4.79 Å². The molecule has 0 spiro atoms. The first-order chi connectivity index (χ1) is 11.6. The summed E-state index contributed by atoms with van der Waals surface area (Å²) in [6.07, 6.45) is 14.4. The Bertz CT molecular complexity index is 506. The molecule has 0 aliphatic heterocycles. The van der Waals surface area contributed by atoms with E-state index in [1.807, 2.05) is 12.4 Å². The molecule has 4 heteroatoms. The zero-order valence-electron chi connectivity index (χ0n) is 15.6. The Labute approximate surface area is 151 Å². The third-order valence-corrected chi connectivity index (χ3v) is 20.6. The molecule has 0 aliphatic carbocycles. The van der Waals surface area contributed by atoms with Gasteiger partial charge in [-0.05, 0) is 0 Å². The molecule has 1 aromatic rings. The van der Waals surface area contributed by atoms with Gasteiger partial charge in [0.25, 0.3) is 0 Å². The summed E-state index contributed by atoms with van der Waals surface area (Å²) >= 11 is -2.55. The van der Waals surface area contributed by atoms with Gasteiger partial charge in [0.1, 0.15) is 0 Å². The molecule has 0 aromatic carbocycles. The van der Waals surface area contributed by atoms with Gasteiger partial charge in [0.05, 0.1) is 0 Å². The third kappa shape index (κ3) is 6.58. The van der Waals surface area contributed by atoms with Crippen LogP contribution < -0.4 is 3.58 Å². The number of carboxylic acids is 1. The molecule has 1 rings (SSSR count). The van der Waals surface area contributed by atoms with Crippen molar-refractivity contribution in [1.82, 2.24) is 4.98 Å². The van der Waals surface area contributed by atoms with Gasteiger partial charge >= 0.3 is 152 Å². The summed E-state index contributed by atoms with van der Waals surface area (Å²) in [6.45, 7) is 6.82. The number of unbranched alkanes of at least 4 members (excludes halogenated alkanes) is 3. The number of rotatable bonds is 12. The van der Waals surface area contributed by atoms with Crippen LogP contribution in [-0.4, -0.2) is 34.4 Å². The third-order valence-electron chi connectivity index (χ3n) is 4.86. The van der Waals surface area contributed by atoms with Crippen LogP contribution in [-0.2, 0) is 4.79 Å². The van der Waals surface area contributed by atoms with Gasteiger partial charge in [-0.1, -0.05) is 0 Å². The molecule has 0 saturated carbocycles. The van der Waals surface area contributed by atoms with Gasteiger partial charge < -0.3 is 0 Å². The molecule has 1 heterocycles. The molecule has 0 fully saturated rings. The summed E-state index contributed by atoms with van der Waals surface area (Å²) in [7, 11) is 0. The van der Waals surface area contributed by atoms with Crippen molar-refractivity contribution in [3.63, 3.8) is 0 Å². The molecule has 24 heavy (non-hydrogen) atoms. The van der Waals surface area contributed by atoms with E-state index in [2.05, 4.69) is 31.8 Å². The van der Waals surface area contributed by atoms with Gasteiger partial charge in [0.2, 0.25) is 0 Å². The summed E-state index contributed by atoms with van der Waals surface area (Å²) in [5.74, 6) is -0.888. The van der Waals surface area contributed by atoms with E-state index in [-0.39, 0.29) is 0 Å². The van der Waals surface area contributed by atoms with Crippen molar-refractivity contribution in [3.8, 4) is 0 Å². The Kier molecular flexibility index (Phi) is 10.3. The second kappa shape index (κ2) is 11.7. The van der Waals surface area contributed by atoms with Crippen molar-refractivity contribution < 1.29 is 9.90 Å². The average molecular weight is 438 g/mol. The number of hydrogen-bond donors (Lipinski definition) is 1. The Morgan fingerprint density at radius 2 is 1.62 bits per heavy atom. The zero-order chi connectivity index (χ0) is 17.8. The van der Waals surface area contributed by atoms with Crippen LogP contribution in [0.1, 0.15) is 64.9 Å². The van der Waals surface area contributed by atoms with Crippen LogP contribution in [0.3, 0.4) is 0 Å². The van der Waals surface area contributed by atoms with Crippen LogP contribution >= 0.6 is 0 Å². The fraction of sp³-hybridized carbons (Fsp3) is 0.600. The monoisotopic (exact) mass is 439 g/mol. The maximum atomic E-state index is 11.0. The van der Waals surface area contributed by atoms with Gasteiger partial charge in [0, 0.05) is 0 Å². The summed E-state index contributed by atoms with van der Waals surface area (Å²) in [5, 5.41) is 9.00. The van der Waals surface area contributed by atoms with E-state index in [1.165, 1.54) is 61.5 Å². The minimum atomic E-state index is -2.55. The van der Waals surface area contributed by atoms with Crippen LogP contribution in [0.2, 0.25) is 13.3 Å². The van der Waals surface area contributed by atoms with Crippen molar-refractivity contribution >= 4 is 34.0 Å². The van der Waals surface area contributed by atoms with E-state index < -0.39 is 24.3 Å². The van der Waals surface area contributed by atoms with Crippen LogP contribution in [0.25, 0.3) is 6.08 Å². The standard InChI is InChI=1S/C8H6NO2.3C4H9.Sn/c10-8(11)4-3-7-2-1-5-9-6-7;3*1-3-4-2;/h1,3-6H,(H,10,11);3*1,3-4H2,2H3;/b4-3+;;;;. The van der Waals surface area contributed by atoms with Gasteiger partial charge in [-0.2, -0.15) is 0 Å². The van der Waals surface area contributed by atoms with E-state index in [1.54, 1.807) is 6.08 Å². The Morgan fingerprint density at radius 1 is 1.08 bits per heavy atom. The maximum absolute atomic E-state index is 11.0. The quantitative estimate of drug-likeness (QED) is 0.359. The van der Waals surface area contributed by atoms with E-state index in [0.717, 1.165) is 5.56 Å². The van der Waals surface area contributed by atoms with Crippen molar-refractivity contribution in [3.05, 3.63) is 30.1 Å². The fourth-order valence-corrected chi connectivity index (χ4v) is 20.2. The number of carboxylic acid groups (broad SMARTS) is 1. The molecule has 0 bridgehead atoms. The van der Waals surface area contributed by atoms with Crippen LogP contribution in [0.15, 0.2) is 24.5 Å². The Balaban J connectivity index is 3.31. The molecule has 1 N–H and O–H groups in total. The van der Waals surface area contributed by atoms with Gasteiger partial charge in [-0.25, -0.2) is 0 Å². The normalized spacial score (nSPS) is 12.0. The predicted molar refractivity (Wildman–Crippen MR) is 105 cm³/mol. The molecule has 0 saturated heterocycles. The molecule has 3 nitrogen and oxygen atoms in total. The first-order valence-corrected chi connectivity index (χ1v) is 16.9. The number of nitrogens with zero attached hydrogens (tertiary/aromatic N) is 1. The number of aromatic nitrogens is 1. The van der Waals surface area contributed by atoms with Crippen LogP contribution in [0.4, 0.5) is 0 Å².